The van der Waals surface area contributed by atoms with Crippen molar-refractivity contribution in [3.8, 4) is 5.75 Å². The molecule has 0 saturated heterocycles. The Labute approximate surface area is 228 Å². The standard InChI is InChI=1S/C29H23ClFNO5S/c1-3-36-29(35)25-26(33)24(38-28(25)32-27(34)21-10-5-4-7-17(21)2)15-18-11-12-23(22(30)14-18)37-16-19-8-6-9-20(31)13-19/h4-15,33H,3,16H2,1-2H3/b24-15-,32-28?. The largest absolute Gasteiger partial charge is 0.506 e. The summed E-state index contributed by atoms with van der Waals surface area (Å²) < 4.78 is 24.2. The highest BCUT2D eigenvalue weighted by molar-refractivity contribution is 8.18. The number of nitrogens with zero attached hydrogens (tertiary/aromatic N) is 1. The minimum atomic E-state index is -0.781. The lowest BCUT2D eigenvalue weighted by atomic mass is 10.1. The Balaban J connectivity index is 1.60. The Morgan fingerprint density at radius 3 is 2.61 bits per heavy atom. The van der Waals surface area contributed by atoms with E-state index in [4.69, 9.17) is 21.1 Å². The van der Waals surface area contributed by atoms with Crippen LogP contribution in [0.1, 0.15) is 34.0 Å². The van der Waals surface area contributed by atoms with E-state index in [0.29, 0.717) is 32.4 Å². The van der Waals surface area contributed by atoms with Gasteiger partial charge in [-0.1, -0.05) is 59.8 Å². The number of carbonyl (C=O) groups excluding carboxylic acids is 2. The van der Waals surface area contributed by atoms with Gasteiger partial charge in [-0.05, 0) is 66.9 Å². The van der Waals surface area contributed by atoms with Gasteiger partial charge in [0.15, 0.2) is 0 Å². The average Bonchev–Trinajstić information content (AvgIpc) is 3.18. The first-order chi connectivity index (χ1) is 18.3. The third-order valence-electron chi connectivity index (χ3n) is 5.49. The predicted molar refractivity (Wildman–Crippen MR) is 147 cm³/mol. The fourth-order valence-corrected chi connectivity index (χ4v) is 4.88. The van der Waals surface area contributed by atoms with E-state index in [1.54, 1.807) is 68.5 Å². The number of benzene rings is 3. The number of hydrogen-bond acceptors (Lipinski definition) is 6. The number of esters is 1. The summed E-state index contributed by atoms with van der Waals surface area (Å²) in [6.45, 7) is 3.65. The summed E-state index contributed by atoms with van der Waals surface area (Å²) in [6, 6.07) is 18.0. The number of amides is 1. The molecule has 194 valence electrons. The van der Waals surface area contributed by atoms with Gasteiger partial charge in [-0.25, -0.2) is 14.2 Å². The number of rotatable bonds is 7. The number of aliphatic hydroxyl groups excluding tert-OH is 1. The summed E-state index contributed by atoms with van der Waals surface area (Å²) >= 11 is 7.38. The summed E-state index contributed by atoms with van der Waals surface area (Å²) in [5, 5.41) is 11.2. The van der Waals surface area contributed by atoms with Gasteiger partial charge in [-0.2, -0.15) is 0 Å². The molecule has 1 heterocycles. The normalized spacial score (nSPS) is 15.3. The Morgan fingerprint density at radius 1 is 1.11 bits per heavy atom. The van der Waals surface area contributed by atoms with E-state index in [1.807, 2.05) is 6.07 Å². The zero-order chi connectivity index (χ0) is 27.2. The van der Waals surface area contributed by atoms with E-state index in [9.17, 15) is 19.1 Å². The molecular formula is C29H23ClFNO5S. The molecule has 0 fully saturated rings. The molecule has 0 atom stereocenters. The molecule has 1 aliphatic heterocycles. The van der Waals surface area contributed by atoms with Crippen molar-refractivity contribution in [1.82, 2.24) is 0 Å². The van der Waals surface area contributed by atoms with Gasteiger partial charge >= 0.3 is 5.97 Å². The average molecular weight is 552 g/mol. The molecule has 4 rings (SSSR count). The van der Waals surface area contributed by atoms with Crippen LogP contribution < -0.4 is 4.74 Å². The highest BCUT2D eigenvalue weighted by atomic mass is 35.5. The lowest BCUT2D eigenvalue weighted by Crippen LogP contribution is -2.14. The molecule has 1 aliphatic rings. The number of ether oxygens (including phenoxy) is 2. The number of hydrogen-bond donors (Lipinski definition) is 1. The highest BCUT2D eigenvalue weighted by Gasteiger charge is 2.34. The maximum absolute atomic E-state index is 13.4. The van der Waals surface area contributed by atoms with Crippen molar-refractivity contribution in [3.63, 3.8) is 0 Å². The first kappa shape index (κ1) is 27.2. The summed E-state index contributed by atoms with van der Waals surface area (Å²) in [7, 11) is 0. The molecule has 0 unspecified atom stereocenters. The van der Waals surface area contributed by atoms with E-state index in [-0.39, 0.29) is 35.4 Å². The monoisotopic (exact) mass is 551 g/mol. The zero-order valence-electron chi connectivity index (χ0n) is 20.5. The molecule has 3 aromatic rings. The van der Waals surface area contributed by atoms with Crippen LogP contribution >= 0.6 is 23.4 Å². The molecule has 0 saturated carbocycles. The molecule has 0 aromatic heterocycles. The van der Waals surface area contributed by atoms with Crippen LogP contribution in [0.25, 0.3) is 6.08 Å². The molecule has 0 spiro atoms. The third-order valence-corrected chi connectivity index (χ3v) is 6.80. The second-order valence-corrected chi connectivity index (χ2v) is 9.64. The maximum Gasteiger partial charge on any atom is 0.344 e. The fourth-order valence-electron chi connectivity index (χ4n) is 3.62. The number of carbonyl (C=O) groups is 2. The van der Waals surface area contributed by atoms with Crippen LogP contribution in [0.3, 0.4) is 0 Å². The number of aryl methyl sites for hydroxylation is 1. The quantitative estimate of drug-likeness (QED) is 0.316. The van der Waals surface area contributed by atoms with E-state index >= 15 is 0 Å². The molecule has 3 aromatic carbocycles. The van der Waals surface area contributed by atoms with Crippen LogP contribution in [-0.4, -0.2) is 28.6 Å². The molecule has 9 heteroatoms. The molecule has 1 amide bonds. The molecule has 1 N–H and O–H groups in total. The van der Waals surface area contributed by atoms with Crippen molar-refractivity contribution in [2.24, 2.45) is 4.99 Å². The lowest BCUT2D eigenvalue weighted by molar-refractivity contribution is -0.138. The van der Waals surface area contributed by atoms with Gasteiger partial charge in [0.25, 0.3) is 5.91 Å². The second kappa shape index (κ2) is 12.1. The molecular weight excluding hydrogens is 529 g/mol. The van der Waals surface area contributed by atoms with Crippen LogP contribution in [0.2, 0.25) is 5.02 Å². The van der Waals surface area contributed by atoms with Gasteiger partial charge < -0.3 is 14.6 Å². The lowest BCUT2D eigenvalue weighted by Gasteiger charge is -2.09. The minimum Gasteiger partial charge on any atom is -0.506 e. The van der Waals surface area contributed by atoms with Crippen molar-refractivity contribution in [2.75, 3.05) is 6.61 Å². The Hall–Kier alpha value is -3.88. The van der Waals surface area contributed by atoms with Crippen molar-refractivity contribution in [3.05, 3.63) is 116 Å². The van der Waals surface area contributed by atoms with Gasteiger partial charge in [-0.15, -0.1) is 0 Å². The van der Waals surface area contributed by atoms with E-state index in [2.05, 4.69) is 4.99 Å². The summed E-state index contributed by atoms with van der Waals surface area (Å²) in [4.78, 5) is 29.9. The molecule has 38 heavy (non-hydrogen) atoms. The van der Waals surface area contributed by atoms with Crippen LogP contribution in [-0.2, 0) is 16.1 Å². The first-order valence-electron chi connectivity index (χ1n) is 11.6. The molecule has 6 nitrogen and oxygen atoms in total. The third kappa shape index (κ3) is 6.33. The summed E-state index contributed by atoms with van der Waals surface area (Å²) in [6.07, 6.45) is 1.61. The first-order valence-corrected chi connectivity index (χ1v) is 12.8. The van der Waals surface area contributed by atoms with Crippen LogP contribution in [0, 0.1) is 12.7 Å². The van der Waals surface area contributed by atoms with Crippen LogP contribution in [0.4, 0.5) is 4.39 Å². The van der Waals surface area contributed by atoms with E-state index < -0.39 is 11.9 Å². The SMILES string of the molecule is CCOC(=O)C1=C(O)/C(=C/c2ccc(OCc3cccc(F)c3)c(Cl)c2)SC1=NC(=O)c1ccccc1C. The minimum absolute atomic E-state index is 0.0431. The van der Waals surface area contributed by atoms with Crippen molar-refractivity contribution >= 4 is 46.4 Å². The van der Waals surface area contributed by atoms with E-state index in [0.717, 1.165) is 17.3 Å². The van der Waals surface area contributed by atoms with Crippen LogP contribution in [0.5, 0.6) is 5.75 Å². The Bertz CT molecular complexity index is 1500. The Morgan fingerprint density at radius 2 is 1.89 bits per heavy atom. The number of halogens is 2. The summed E-state index contributed by atoms with van der Waals surface area (Å²) in [5.74, 6) is -1.62. The van der Waals surface area contributed by atoms with Gasteiger partial charge in [0.05, 0.1) is 16.5 Å². The van der Waals surface area contributed by atoms with Crippen molar-refractivity contribution in [2.45, 2.75) is 20.5 Å². The van der Waals surface area contributed by atoms with Crippen molar-refractivity contribution < 1.29 is 28.6 Å². The zero-order valence-corrected chi connectivity index (χ0v) is 22.1. The van der Waals surface area contributed by atoms with Gasteiger partial charge in [0.2, 0.25) is 0 Å². The Kier molecular flexibility index (Phi) is 8.66. The van der Waals surface area contributed by atoms with Gasteiger partial charge in [-0.3, -0.25) is 4.79 Å². The second-order valence-electron chi connectivity index (χ2n) is 8.20. The van der Waals surface area contributed by atoms with Crippen LogP contribution in [0.15, 0.2) is 88.0 Å². The van der Waals surface area contributed by atoms with Gasteiger partial charge in [0.1, 0.15) is 34.5 Å². The molecule has 0 bridgehead atoms. The molecule has 0 aliphatic carbocycles. The topological polar surface area (TPSA) is 85.2 Å². The van der Waals surface area contributed by atoms with Crippen molar-refractivity contribution in [1.29, 1.82) is 0 Å². The smallest absolute Gasteiger partial charge is 0.344 e. The number of aliphatic hydroxyl groups is 1. The fraction of sp³-hybridized carbons (Fsp3) is 0.138. The number of aliphatic imine (C=N–C) groups is 1. The molecule has 0 radical (unpaired) electrons. The van der Waals surface area contributed by atoms with E-state index in [1.165, 1.54) is 12.1 Å². The predicted octanol–water partition coefficient (Wildman–Crippen LogP) is 7.07. The highest BCUT2D eigenvalue weighted by Crippen LogP contribution is 2.40. The maximum atomic E-state index is 13.4. The number of thioether (sulfide) groups is 1. The summed E-state index contributed by atoms with van der Waals surface area (Å²) in [5.41, 5.74) is 2.22. The van der Waals surface area contributed by atoms with Gasteiger partial charge in [0, 0.05) is 5.56 Å².